The first kappa shape index (κ1) is 16.9. The van der Waals surface area contributed by atoms with Crippen LogP contribution < -0.4 is 5.73 Å². The Balaban J connectivity index is 0.00000200. The van der Waals surface area contributed by atoms with Gasteiger partial charge in [-0.2, -0.15) is 4.98 Å². The highest BCUT2D eigenvalue weighted by molar-refractivity contribution is 7.98. The number of halogens is 1. The first-order valence-electron chi connectivity index (χ1n) is 5.76. The van der Waals surface area contributed by atoms with Crippen LogP contribution in [-0.2, 0) is 30.5 Å². The Kier molecular flexibility index (Phi) is 6.93. The van der Waals surface area contributed by atoms with Crippen molar-refractivity contribution < 1.29 is 9.26 Å². The topological polar surface area (TPSA) is 105 Å². The Hall–Kier alpha value is -1.16. The molecule has 0 saturated carbocycles. The third kappa shape index (κ3) is 4.17. The van der Waals surface area contributed by atoms with Crippen molar-refractivity contribution in [2.45, 2.75) is 23.9 Å². The zero-order valence-corrected chi connectivity index (χ0v) is 12.9. The fourth-order valence-electron chi connectivity index (χ4n) is 1.42. The van der Waals surface area contributed by atoms with E-state index in [1.807, 2.05) is 11.6 Å². The van der Waals surface area contributed by atoms with Crippen molar-refractivity contribution in [3.63, 3.8) is 0 Å². The van der Waals surface area contributed by atoms with Gasteiger partial charge in [0.05, 0.1) is 18.9 Å². The van der Waals surface area contributed by atoms with Gasteiger partial charge in [-0.15, -0.1) is 22.6 Å². The van der Waals surface area contributed by atoms with Crippen molar-refractivity contribution in [2.24, 2.45) is 12.8 Å². The number of aromatic nitrogens is 5. The van der Waals surface area contributed by atoms with Crippen molar-refractivity contribution in [3.8, 4) is 0 Å². The molecule has 0 fully saturated rings. The highest BCUT2D eigenvalue weighted by Crippen LogP contribution is 2.20. The largest absolute Gasteiger partial charge is 0.384 e. The van der Waals surface area contributed by atoms with Crippen molar-refractivity contribution in [3.05, 3.63) is 17.5 Å². The summed E-state index contributed by atoms with van der Waals surface area (Å²) in [5.74, 6) is 2.51. The van der Waals surface area contributed by atoms with Crippen LogP contribution in [0.2, 0.25) is 0 Å². The number of rotatable bonds is 7. The molecule has 10 heteroatoms. The molecule has 0 aromatic carbocycles. The van der Waals surface area contributed by atoms with Crippen LogP contribution in [0.15, 0.2) is 9.68 Å². The van der Waals surface area contributed by atoms with Gasteiger partial charge >= 0.3 is 0 Å². The molecule has 0 aliphatic heterocycles. The molecule has 8 nitrogen and oxygen atoms in total. The number of methoxy groups -OCH3 is 1. The summed E-state index contributed by atoms with van der Waals surface area (Å²) in [4.78, 5) is 4.26. The molecule has 0 radical (unpaired) electrons. The van der Waals surface area contributed by atoms with Gasteiger partial charge in [0.15, 0.2) is 11.0 Å². The number of thioether (sulfide) groups is 1. The van der Waals surface area contributed by atoms with E-state index in [-0.39, 0.29) is 12.4 Å². The van der Waals surface area contributed by atoms with Gasteiger partial charge in [-0.3, -0.25) is 0 Å². The van der Waals surface area contributed by atoms with E-state index in [2.05, 4.69) is 20.3 Å². The van der Waals surface area contributed by atoms with Gasteiger partial charge in [-0.1, -0.05) is 16.9 Å². The van der Waals surface area contributed by atoms with Gasteiger partial charge in [0.2, 0.25) is 5.89 Å². The van der Waals surface area contributed by atoms with E-state index in [0.717, 1.165) is 11.0 Å². The predicted octanol–water partition coefficient (Wildman–Crippen LogP) is 0.560. The average Bonchev–Trinajstić information content (AvgIpc) is 3.01. The molecule has 2 rings (SSSR count). The maximum absolute atomic E-state index is 5.54. The van der Waals surface area contributed by atoms with E-state index in [1.54, 1.807) is 7.11 Å². The van der Waals surface area contributed by atoms with E-state index in [1.165, 1.54) is 11.8 Å². The van der Waals surface area contributed by atoms with Crippen LogP contribution >= 0.6 is 24.2 Å². The number of hydrogen-bond acceptors (Lipinski definition) is 8. The van der Waals surface area contributed by atoms with Crippen LogP contribution in [0.4, 0.5) is 0 Å². The van der Waals surface area contributed by atoms with Crippen LogP contribution in [0, 0.1) is 0 Å². The molecule has 0 aliphatic carbocycles. The lowest BCUT2D eigenvalue weighted by atomic mass is 10.4. The fourth-order valence-corrected chi connectivity index (χ4v) is 2.19. The smallest absolute Gasteiger partial charge is 0.237 e. The highest BCUT2D eigenvalue weighted by Gasteiger charge is 2.11. The highest BCUT2D eigenvalue weighted by atomic mass is 35.5. The lowest BCUT2D eigenvalue weighted by Gasteiger charge is -1.99. The van der Waals surface area contributed by atoms with Crippen molar-refractivity contribution in [1.29, 1.82) is 0 Å². The van der Waals surface area contributed by atoms with E-state index >= 15 is 0 Å². The Labute approximate surface area is 126 Å². The van der Waals surface area contributed by atoms with E-state index in [9.17, 15) is 0 Å². The van der Waals surface area contributed by atoms with E-state index < -0.39 is 0 Å². The number of hydrogen-bond donors (Lipinski definition) is 1. The number of nitrogens with two attached hydrogens (primary N) is 1. The van der Waals surface area contributed by atoms with E-state index in [0.29, 0.717) is 37.0 Å². The van der Waals surface area contributed by atoms with Gasteiger partial charge < -0.3 is 19.6 Å². The first-order chi connectivity index (χ1) is 9.24. The second-order valence-electron chi connectivity index (χ2n) is 3.80. The molecule has 2 N–H and O–H groups in total. The zero-order valence-electron chi connectivity index (χ0n) is 11.3. The van der Waals surface area contributed by atoms with Crippen LogP contribution in [0.5, 0.6) is 0 Å². The second-order valence-corrected chi connectivity index (χ2v) is 4.74. The molecular weight excluding hydrogens is 304 g/mol. The summed E-state index contributed by atoms with van der Waals surface area (Å²) in [7, 11) is 3.52. The molecule has 0 aliphatic rings. The minimum atomic E-state index is 0. The summed E-state index contributed by atoms with van der Waals surface area (Å²) in [6, 6.07) is 0. The van der Waals surface area contributed by atoms with Crippen LogP contribution in [0.3, 0.4) is 0 Å². The fraction of sp³-hybridized carbons (Fsp3) is 0.600. The van der Waals surface area contributed by atoms with Gasteiger partial charge in [0, 0.05) is 20.6 Å². The summed E-state index contributed by atoms with van der Waals surface area (Å²) in [6.45, 7) is 0.945. The minimum Gasteiger partial charge on any atom is -0.384 e. The second kappa shape index (κ2) is 8.20. The van der Waals surface area contributed by atoms with Gasteiger partial charge in [0.1, 0.15) is 5.82 Å². The summed E-state index contributed by atoms with van der Waals surface area (Å²) in [5, 5.41) is 12.7. The summed E-state index contributed by atoms with van der Waals surface area (Å²) in [5.41, 5.74) is 5.54. The maximum atomic E-state index is 5.54. The standard InChI is InChI=1S/C10H16N6O2S.ClH/c1-16-8(5-11)13-14-10(16)19-6-9-12-7(15-18-9)3-4-17-2;/h3-6,11H2,1-2H3;1H. The Morgan fingerprint density at radius 3 is 2.85 bits per heavy atom. The van der Waals surface area contributed by atoms with Crippen molar-refractivity contribution >= 4 is 24.2 Å². The number of ether oxygens (including phenoxy) is 1. The molecule has 2 aromatic rings. The quantitative estimate of drug-likeness (QED) is 0.738. The van der Waals surface area contributed by atoms with Crippen LogP contribution in [0.1, 0.15) is 17.5 Å². The number of nitrogens with zero attached hydrogens (tertiary/aromatic N) is 5. The lowest BCUT2D eigenvalue weighted by molar-refractivity contribution is 0.199. The Morgan fingerprint density at radius 1 is 1.40 bits per heavy atom. The molecule has 0 unspecified atom stereocenters. The molecule has 2 heterocycles. The minimum absolute atomic E-state index is 0. The maximum Gasteiger partial charge on any atom is 0.237 e. The molecule has 0 saturated heterocycles. The molecule has 112 valence electrons. The molecule has 2 aromatic heterocycles. The van der Waals surface area contributed by atoms with Gasteiger partial charge in [-0.05, 0) is 0 Å². The van der Waals surface area contributed by atoms with Crippen molar-refractivity contribution in [1.82, 2.24) is 24.9 Å². The average molecular weight is 321 g/mol. The third-order valence-electron chi connectivity index (χ3n) is 2.47. The van der Waals surface area contributed by atoms with Crippen LogP contribution in [-0.4, -0.2) is 38.6 Å². The molecule has 0 bridgehead atoms. The summed E-state index contributed by atoms with van der Waals surface area (Å²) in [6.07, 6.45) is 0.645. The predicted molar refractivity (Wildman–Crippen MR) is 75.6 cm³/mol. The molecule has 0 atom stereocenters. The van der Waals surface area contributed by atoms with Crippen molar-refractivity contribution in [2.75, 3.05) is 13.7 Å². The Morgan fingerprint density at radius 2 is 2.20 bits per heavy atom. The first-order valence-corrected chi connectivity index (χ1v) is 6.74. The summed E-state index contributed by atoms with van der Waals surface area (Å²) < 4.78 is 11.9. The summed E-state index contributed by atoms with van der Waals surface area (Å²) >= 11 is 1.48. The Bertz CT molecular complexity index is 532. The zero-order chi connectivity index (χ0) is 13.7. The van der Waals surface area contributed by atoms with Gasteiger partial charge in [-0.25, -0.2) is 0 Å². The third-order valence-corrected chi connectivity index (χ3v) is 3.48. The van der Waals surface area contributed by atoms with Crippen LogP contribution in [0.25, 0.3) is 0 Å². The monoisotopic (exact) mass is 320 g/mol. The molecule has 0 spiro atoms. The normalized spacial score (nSPS) is 10.6. The van der Waals surface area contributed by atoms with Gasteiger partial charge in [0.25, 0.3) is 0 Å². The van der Waals surface area contributed by atoms with E-state index in [4.69, 9.17) is 15.0 Å². The molecular formula is C10H17ClN6O2S. The SMILES string of the molecule is COCCc1noc(CSc2nnc(CN)n2C)n1.Cl. The molecule has 20 heavy (non-hydrogen) atoms. The molecule has 0 amide bonds. The lowest BCUT2D eigenvalue weighted by Crippen LogP contribution is -2.05.